The van der Waals surface area contributed by atoms with Crippen LogP contribution in [0.3, 0.4) is 0 Å². The van der Waals surface area contributed by atoms with Crippen molar-refractivity contribution in [2.24, 2.45) is 0 Å². The molecule has 0 aromatic rings. The lowest BCUT2D eigenvalue weighted by atomic mass is 10.1. The standard InChI is InChI=1S/C19H37N13/c20-14-30-16(22)26-10-6-2-1-3-7-12-28-18(24)32-19(25)29-13-9-5-4-8-11-27-17(23)31-15-21/h1-13H2,(H3,22,26,30)(H3,23,27,31)(H5,24,25,28,29,32). The van der Waals surface area contributed by atoms with E-state index >= 15 is 0 Å². The normalized spacial score (nSPS) is 9.44. The predicted molar refractivity (Wildman–Crippen MR) is 125 cm³/mol. The van der Waals surface area contributed by atoms with Crippen LogP contribution in [0.25, 0.3) is 0 Å². The maximum atomic E-state index is 8.36. The summed E-state index contributed by atoms with van der Waals surface area (Å²) in [5.41, 5.74) is 0. The zero-order chi connectivity index (χ0) is 23.9. The van der Waals surface area contributed by atoms with E-state index in [1.807, 2.05) is 0 Å². The fourth-order valence-corrected chi connectivity index (χ4v) is 2.65. The van der Waals surface area contributed by atoms with Crippen molar-refractivity contribution >= 4 is 23.8 Å². The quantitative estimate of drug-likeness (QED) is 0.0545. The Labute approximate surface area is 190 Å². The highest BCUT2D eigenvalue weighted by Crippen LogP contribution is 2.01. The highest BCUT2D eigenvalue weighted by Gasteiger charge is 2.00. The van der Waals surface area contributed by atoms with E-state index in [-0.39, 0.29) is 23.8 Å². The lowest BCUT2D eigenvalue weighted by Crippen LogP contribution is -2.46. The van der Waals surface area contributed by atoms with Gasteiger partial charge in [-0.15, -0.1) is 0 Å². The zero-order valence-corrected chi connectivity index (χ0v) is 18.6. The molecule has 0 aliphatic heterocycles. The minimum Gasteiger partial charge on any atom is -0.356 e. The summed E-state index contributed by atoms with van der Waals surface area (Å²) in [6.45, 7) is 2.63. The van der Waals surface area contributed by atoms with Gasteiger partial charge in [-0.25, -0.2) is 0 Å². The molecule has 0 rings (SSSR count). The van der Waals surface area contributed by atoms with E-state index in [0.29, 0.717) is 26.2 Å². The fourth-order valence-electron chi connectivity index (χ4n) is 2.65. The minimum atomic E-state index is 0.0162. The Hall–Kier alpha value is -3.74. The van der Waals surface area contributed by atoms with Gasteiger partial charge in [0.05, 0.1) is 0 Å². The van der Waals surface area contributed by atoms with Crippen LogP contribution in [0.15, 0.2) is 0 Å². The van der Waals surface area contributed by atoms with Gasteiger partial charge in [-0.3, -0.25) is 37.6 Å². The molecule has 0 saturated heterocycles. The minimum absolute atomic E-state index is 0.0162. The second-order valence-electron chi connectivity index (χ2n) is 6.99. The summed E-state index contributed by atoms with van der Waals surface area (Å²) < 4.78 is 0. The molecule has 0 aromatic heterocycles. The molecule has 0 saturated carbocycles. The third kappa shape index (κ3) is 19.6. The van der Waals surface area contributed by atoms with Gasteiger partial charge in [0.25, 0.3) is 0 Å². The van der Waals surface area contributed by atoms with Gasteiger partial charge in [-0.2, -0.15) is 10.5 Å². The van der Waals surface area contributed by atoms with Crippen LogP contribution in [0.1, 0.15) is 57.8 Å². The molecule has 0 fully saturated rings. The SMILES string of the molecule is N#CNC(=N)NCCCCCCCNC(=N)NC(=N)NCCCCCCNC(=N)NC#N. The summed E-state index contributed by atoms with van der Waals surface area (Å²) in [6, 6.07) is 0. The average Bonchev–Trinajstić information content (AvgIpc) is 2.74. The molecule has 0 aliphatic rings. The second-order valence-corrected chi connectivity index (χ2v) is 6.99. The molecule has 178 valence electrons. The van der Waals surface area contributed by atoms with Crippen molar-refractivity contribution in [3.05, 3.63) is 0 Å². The highest BCUT2D eigenvalue weighted by molar-refractivity contribution is 5.95. The summed E-state index contributed by atoms with van der Waals surface area (Å²) in [4.78, 5) is 0. The number of unbranched alkanes of at least 4 members (excludes halogenated alkanes) is 7. The zero-order valence-electron chi connectivity index (χ0n) is 18.6. The van der Waals surface area contributed by atoms with Crippen LogP contribution in [0.5, 0.6) is 0 Å². The molecular weight excluding hydrogens is 410 g/mol. The number of guanidine groups is 4. The van der Waals surface area contributed by atoms with Crippen LogP contribution in [0.4, 0.5) is 0 Å². The van der Waals surface area contributed by atoms with Gasteiger partial charge in [-0.1, -0.05) is 32.1 Å². The summed E-state index contributed by atoms with van der Waals surface area (Å²) in [7, 11) is 0. The third-order valence-corrected chi connectivity index (χ3v) is 4.28. The van der Waals surface area contributed by atoms with E-state index in [9.17, 15) is 0 Å². The van der Waals surface area contributed by atoms with Gasteiger partial charge in [0.15, 0.2) is 24.3 Å². The molecule has 0 unspecified atom stereocenters. The van der Waals surface area contributed by atoms with Crippen molar-refractivity contribution in [3.63, 3.8) is 0 Å². The van der Waals surface area contributed by atoms with Crippen molar-refractivity contribution in [3.8, 4) is 12.4 Å². The van der Waals surface area contributed by atoms with Gasteiger partial charge in [0.2, 0.25) is 11.9 Å². The van der Waals surface area contributed by atoms with Crippen LogP contribution < -0.4 is 37.2 Å². The Morgan fingerprint density at radius 3 is 1.06 bits per heavy atom. The number of nitriles is 2. The Morgan fingerprint density at radius 2 is 0.750 bits per heavy atom. The van der Waals surface area contributed by atoms with E-state index in [4.69, 9.17) is 32.2 Å². The summed E-state index contributed by atoms with van der Waals surface area (Å²) in [5.74, 6) is 0.252. The molecule has 0 heterocycles. The Morgan fingerprint density at radius 1 is 0.469 bits per heavy atom. The topological polar surface area (TPSA) is 227 Å². The van der Waals surface area contributed by atoms with Crippen molar-refractivity contribution in [1.82, 2.24) is 37.2 Å². The summed E-state index contributed by atoms with van der Waals surface area (Å²) >= 11 is 0. The molecule has 0 amide bonds. The Balaban J connectivity index is 3.44. The van der Waals surface area contributed by atoms with Gasteiger partial charge >= 0.3 is 0 Å². The number of nitrogens with one attached hydrogen (secondary N) is 11. The number of hydrogen-bond acceptors (Lipinski definition) is 6. The van der Waals surface area contributed by atoms with Crippen LogP contribution in [-0.4, -0.2) is 50.0 Å². The number of nitrogens with zero attached hydrogens (tertiary/aromatic N) is 2. The molecule has 0 radical (unpaired) electrons. The van der Waals surface area contributed by atoms with Gasteiger partial charge in [-0.05, 0) is 25.7 Å². The first-order valence-electron chi connectivity index (χ1n) is 10.9. The van der Waals surface area contributed by atoms with Crippen molar-refractivity contribution in [1.29, 1.82) is 32.2 Å². The van der Waals surface area contributed by atoms with Crippen molar-refractivity contribution in [2.75, 3.05) is 26.2 Å². The van der Waals surface area contributed by atoms with Crippen LogP contribution in [0, 0.1) is 44.5 Å². The van der Waals surface area contributed by atoms with Gasteiger partial charge in [0, 0.05) is 26.2 Å². The lowest BCUT2D eigenvalue weighted by Gasteiger charge is -2.12. The highest BCUT2D eigenvalue weighted by atomic mass is 15.2. The molecular formula is C19H37N13. The molecule has 13 nitrogen and oxygen atoms in total. The maximum absolute atomic E-state index is 8.36. The smallest absolute Gasteiger partial charge is 0.201 e. The first kappa shape index (κ1) is 28.3. The molecule has 32 heavy (non-hydrogen) atoms. The monoisotopic (exact) mass is 447 g/mol. The molecule has 13 heteroatoms. The third-order valence-electron chi connectivity index (χ3n) is 4.28. The van der Waals surface area contributed by atoms with Gasteiger partial charge in [0.1, 0.15) is 0 Å². The lowest BCUT2D eigenvalue weighted by molar-refractivity contribution is 0.599. The first-order valence-corrected chi connectivity index (χ1v) is 10.9. The predicted octanol–water partition coefficient (Wildman–Crippen LogP) is 0.326. The van der Waals surface area contributed by atoms with Crippen molar-refractivity contribution in [2.45, 2.75) is 57.8 Å². The van der Waals surface area contributed by atoms with Crippen LogP contribution in [0.2, 0.25) is 0 Å². The molecule has 0 atom stereocenters. The maximum Gasteiger partial charge on any atom is 0.201 e. The molecule has 0 bridgehead atoms. The van der Waals surface area contributed by atoms with Gasteiger partial charge < -0.3 is 21.3 Å². The molecule has 0 spiro atoms. The number of rotatable bonds is 15. The summed E-state index contributed by atoms with van der Waals surface area (Å²) in [6.07, 6.45) is 12.2. The Bertz CT molecular complexity index is 647. The molecule has 0 aliphatic carbocycles. The number of hydrogen-bond donors (Lipinski definition) is 11. The van der Waals surface area contributed by atoms with E-state index in [0.717, 1.165) is 57.8 Å². The second kappa shape index (κ2) is 20.5. The van der Waals surface area contributed by atoms with Crippen LogP contribution in [-0.2, 0) is 0 Å². The molecule has 0 aromatic carbocycles. The van der Waals surface area contributed by atoms with E-state index < -0.39 is 0 Å². The van der Waals surface area contributed by atoms with Crippen LogP contribution >= 0.6 is 0 Å². The largest absolute Gasteiger partial charge is 0.356 e. The van der Waals surface area contributed by atoms with Crippen molar-refractivity contribution < 1.29 is 0 Å². The first-order chi connectivity index (χ1) is 15.5. The van der Waals surface area contributed by atoms with E-state index in [1.165, 1.54) is 0 Å². The van der Waals surface area contributed by atoms with E-state index in [2.05, 4.69) is 37.2 Å². The fraction of sp³-hybridized carbons (Fsp3) is 0.684. The average molecular weight is 448 g/mol. The Kier molecular flexibility index (Phi) is 18.1. The summed E-state index contributed by atoms with van der Waals surface area (Å²) in [5, 5.41) is 65.6. The molecule has 11 N–H and O–H groups in total. The van der Waals surface area contributed by atoms with E-state index in [1.54, 1.807) is 12.4 Å².